The highest BCUT2D eigenvalue weighted by Crippen LogP contribution is 2.34. The number of nitriles is 1. The fourth-order valence-corrected chi connectivity index (χ4v) is 2.52. The van der Waals surface area contributed by atoms with Gasteiger partial charge in [-0.15, -0.1) is 5.10 Å². The van der Waals surface area contributed by atoms with E-state index in [0.717, 1.165) is 6.42 Å². The van der Waals surface area contributed by atoms with Crippen LogP contribution in [-0.2, 0) is 6.54 Å². The molecule has 1 heterocycles. The van der Waals surface area contributed by atoms with Gasteiger partial charge in [-0.2, -0.15) is 5.26 Å². The maximum atomic E-state index is 14.2. The number of aromatic nitrogens is 3. The summed E-state index contributed by atoms with van der Waals surface area (Å²) in [5.41, 5.74) is 0.0616. The second-order valence-corrected chi connectivity index (χ2v) is 5.16. The molecule has 0 spiro atoms. The molecule has 5 nitrogen and oxygen atoms in total. The number of benzene rings is 1. The van der Waals surface area contributed by atoms with E-state index in [1.165, 1.54) is 16.8 Å². The Morgan fingerprint density at radius 2 is 2.35 bits per heavy atom. The van der Waals surface area contributed by atoms with E-state index in [1.807, 2.05) is 6.07 Å². The Labute approximate surface area is 114 Å². The highest BCUT2D eigenvalue weighted by molar-refractivity contribution is 5.84. The van der Waals surface area contributed by atoms with Crippen molar-refractivity contribution >= 4 is 17.1 Å². The van der Waals surface area contributed by atoms with Crippen LogP contribution < -0.4 is 0 Å². The first-order valence-corrected chi connectivity index (χ1v) is 6.38. The summed E-state index contributed by atoms with van der Waals surface area (Å²) in [6.45, 7) is 3.75. The van der Waals surface area contributed by atoms with E-state index in [4.69, 9.17) is 0 Å². The SMILES string of the molecule is C=Cc1cc2nnn(CC3(O)CCC3)c2c(C#N)c1F. The van der Waals surface area contributed by atoms with Crippen molar-refractivity contribution < 1.29 is 9.50 Å². The van der Waals surface area contributed by atoms with Crippen LogP contribution in [0.25, 0.3) is 17.1 Å². The monoisotopic (exact) mass is 272 g/mol. The highest BCUT2D eigenvalue weighted by Gasteiger charge is 2.36. The van der Waals surface area contributed by atoms with Gasteiger partial charge in [0.2, 0.25) is 0 Å². The van der Waals surface area contributed by atoms with Gasteiger partial charge < -0.3 is 5.11 Å². The van der Waals surface area contributed by atoms with Crippen molar-refractivity contribution in [3.8, 4) is 6.07 Å². The summed E-state index contributed by atoms with van der Waals surface area (Å²) < 4.78 is 15.6. The van der Waals surface area contributed by atoms with Gasteiger partial charge in [-0.05, 0) is 25.3 Å². The zero-order valence-corrected chi connectivity index (χ0v) is 10.8. The standard InChI is InChI=1S/C14H13FN4O/c1-2-9-6-11-13(10(7-16)12(9)15)19(18-17-11)8-14(20)4-3-5-14/h2,6,20H,1,3-5,8H2. The summed E-state index contributed by atoms with van der Waals surface area (Å²) in [5, 5.41) is 27.3. The van der Waals surface area contributed by atoms with Crippen molar-refractivity contribution in [2.75, 3.05) is 0 Å². The Balaban J connectivity index is 2.18. The van der Waals surface area contributed by atoms with Crippen LogP contribution in [0, 0.1) is 17.1 Å². The summed E-state index contributed by atoms with van der Waals surface area (Å²) >= 11 is 0. The van der Waals surface area contributed by atoms with Crippen LogP contribution in [0.3, 0.4) is 0 Å². The predicted octanol–water partition coefficient (Wildman–Crippen LogP) is 2.00. The van der Waals surface area contributed by atoms with Crippen LogP contribution in [0.1, 0.15) is 30.4 Å². The Bertz CT molecular complexity index is 740. The van der Waals surface area contributed by atoms with Gasteiger partial charge in [-0.1, -0.05) is 17.9 Å². The van der Waals surface area contributed by atoms with Gasteiger partial charge in [0.15, 0.2) is 5.82 Å². The Hall–Kier alpha value is -2.26. The molecule has 6 heteroatoms. The summed E-state index contributed by atoms with van der Waals surface area (Å²) in [4.78, 5) is 0. The number of aliphatic hydroxyl groups is 1. The van der Waals surface area contributed by atoms with Crippen LogP contribution in [-0.4, -0.2) is 25.7 Å². The first kappa shape index (κ1) is 12.8. The summed E-state index contributed by atoms with van der Waals surface area (Å²) in [6, 6.07) is 3.36. The number of rotatable bonds is 3. The smallest absolute Gasteiger partial charge is 0.150 e. The molecule has 102 valence electrons. The molecule has 3 rings (SSSR count). The van der Waals surface area contributed by atoms with Crippen LogP contribution in [0.5, 0.6) is 0 Å². The third-order valence-electron chi connectivity index (χ3n) is 3.82. The molecular formula is C14H13FN4O. The number of nitrogens with zero attached hydrogens (tertiary/aromatic N) is 4. The van der Waals surface area contributed by atoms with Gasteiger partial charge in [-0.25, -0.2) is 9.07 Å². The summed E-state index contributed by atoms with van der Waals surface area (Å²) in [7, 11) is 0. The van der Waals surface area contributed by atoms with Crippen LogP contribution in [0.4, 0.5) is 4.39 Å². The Morgan fingerprint density at radius 3 is 2.90 bits per heavy atom. The lowest BCUT2D eigenvalue weighted by atomic mass is 9.80. The maximum Gasteiger partial charge on any atom is 0.150 e. The van der Waals surface area contributed by atoms with Crippen LogP contribution in [0.15, 0.2) is 12.6 Å². The van der Waals surface area contributed by atoms with Gasteiger partial charge in [0.1, 0.15) is 22.7 Å². The molecule has 1 aromatic heterocycles. The fraction of sp³-hybridized carbons (Fsp3) is 0.357. The quantitative estimate of drug-likeness (QED) is 0.927. The second kappa shape index (κ2) is 4.39. The number of halogens is 1. The summed E-state index contributed by atoms with van der Waals surface area (Å²) in [5.74, 6) is -0.626. The summed E-state index contributed by atoms with van der Waals surface area (Å²) in [6.07, 6.45) is 3.67. The van der Waals surface area contributed by atoms with Crippen LogP contribution in [0.2, 0.25) is 0 Å². The molecule has 0 amide bonds. The normalized spacial score (nSPS) is 16.6. The molecule has 1 aliphatic carbocycles. The molecule has 1 aromatic carbocycles. The molecule has 0 atom stereocenters. The molecule has 1 saturated carbocycles. The third kappa shape index (κ3) is 1.79. The molecule has 2 aromatic rings. The molecule has 0 unspecified atom stereocenters. The average molecular weight is 272 g/mol. The Kier molecular flexibility index (Phi) is 2.80. The number of hydrogen-bond acceptors (Lipinski definition) is 4. The molecule has 1 N–H and O–H groups in total. The molecule has 0 radical (unpaired) electrons. The van der Waals surface area contributed by atoms with Crippen molar-refractivity contribution in [2.24, 2.45) is 0 Å². The minimum Gasteiger partial charge on any atom is -0.388 e. The zero-order chi connectivity index (χ0) is 14.3. The van der Waals surface area contributed by atoms with E-state index in [1.54, 1.807) is 0 Å². The minimum atomic E-state index is -0.819. The van der Waals surface area contributed by atoms with E-state index >= 15 is 0 Å². The lowest BCUT2D eigenvalue weighted by Gasteiger charge is -2.36. The molecule has 0 aliphatic heterocycles. The van der Waals surface area contributed by atoms with Crippen molar-refractivity contribution in [2.45, 2.75) is 31.4 Å². The first-order valence-electron chi connectivity index (χ1n) is 6.38. The van der Waals surface area contributed by atoms with Crippen molar-refractivity contribution in [1.82, 2.24) is 15.0 Å². The van der Waals surface area contributed by atoms with Crippen LogP contribution >= 0.6 is 0 Å². The van der Waals surface area contributed by atoms with Gasteiger partial charge in [0, 0.05) is 5.56 Å². The van der Waals surface area contributed by atoms with E-state index in [2.05, 4.69) is 16.9 Å². The zero-order valence-electron chi connectivity index (χ0n) is 10.8. The fourth-order valence-electron chi connectivity index (χ4n) is 2.52. The average Bonchev–Trinajstić information content (AvgIpc) is 2.79. The van der Waals surface area contributed by atoms with Crippen molar-refractivity contribution in [3.63, 3.8) is 0 Å². The second-order valence-electron chi connectivity index (χ2n) is 5.16. The van der Waals surface area contributed by atoms with E-state index in [9.17, 15) is 14.8 Å². The molecule has 1 fully saturated rings. The number of hydrogen-bond donors (Lipinski definition) is 1. The third-order valence-corrected chi connectivity index (χ3v) is 3.82. The molecule has 0 bridgehead atoms. The lowest BCUT2D eigenvalue weighted by molar-refractivity contribution is -0.0492. The molecule has 0 saturated heterocycles. The maximum absolute atomic E-state index is 14.2. The molecule has 20 heavy (non-hydrogen) atoms. The van der Waals surface area contributed by atoms with Gasteiger partial charge in [-0.3, -0.25) is 0 Å². The van der Waals surface area contributed by atoms with Gasteiger partial charge in [0.25, 0.3) is 0 Å². The van der Waals surface area contributed by atoms with E-state index in [0.29, 0.717) is 23.9 Å². The van der Waals surface area contributed by atoms with Gasteiger partial charge in [0.05, 0.1) is 12.1 Å². The highest BCUT2D eigenvalue weighted by atomic mass is 19.1. The van der Waals surface area contributed by atoms with Crippen molar-refractivity contribution in [3.05, 3.63) is 29.6 Å². The molecule has 1 aliphatic rings. The molecular weight excluding hydrogens is 259 g/mol. The lowest BCUT2D eigenvalue weighted by Crippen LogP contribution is -2.41. The first-order chi connectivity index (χ1) is 9.58. The van der Waals surface area contributed by atoms with Crippen molar-refractivity contribution in [1.29, 1.82) is 5.26 Å². The van der Waals surface area contributed by atoms with E-state index < -0.39 is 11.4 Å². The number of fused-ring (bicyclic) bond motifs is 1. The van der Waals surface area contributed by atoms with E-state index in [-0.39, 0.29) is 17.7 Å². The van der Waals surface area contributed by atoms with Gasteiger partial charge >= 0.3 is 0 Å². The predicted molar refractivity (Wildman–Crippen MR) is 71.1 cm³/mol. The largest absolute Gasteiger partial charge is 0.388 e. The Morgan fingerprint density at radius 1 is 1.60 bits per heavy atom. The topological polar surface area (TPSA) is 74.7 Å². The minimum absolute atomic E-state index is 0.106.